The number of nitrogens with two attached hydrogens (primary N) is 1. The molecule has 0 unspecified atom stereocenters. The van der Waals surface area contributed by atoms with Gasteiger partial charge in [-0.25, -0.2) is 4.98 Å². The predicted molar refractivity (Wildman–Crippen MR) is 47.0 cm³/mol. The van der Waals surface area contributed by atoms with Crippen LogP contribution in [0.2, 0.25) is 0 Å². The number of methoxy groups -OCH3 is 1. The maximum absolute atomic E-state index is 10.8. The Morgan fingerprint density at radius 3 is 3.17 bits per heavy atom. The van der Waals surface area contributed by atoms with E-state index in [2.05, 4.69) is 9.97 Å². The van der Waals surface area contributed by atoms with Crippen molar-refractivity contribution < 1.29 is 4.74 Å². The van der Waals surface area contributed by atoms with Gasteiger partial charge in [-0.15, -0.1) is 0 Å². The first kappa shape index (κ1) is 9.08. The van der Waals surface area contributed by atoms with Crippen molar-refractivity contribution in [2.75, 3.05) is 18.8 Å². The molecule has 0 aliphatic heterocycles. The highest BCUT2D eigenvalue weighted by Crippen LogP contribution is 2.10. The van der Waals surface area contributed by atoms with E-state index in [4.69, 9.17) is 10.5 Å². The van der Waals surface area contributed by atoms with Crippen LogP contribution in [0.3, 0.4) is 0 Å². The number of ether oxygens (including phenoxy) is 1. The van der Waals surface area contributed by atoms with E-state index in [1.165, 1.54) is 17.8 Å². The molecule has 0 bridgehead atoms. The first-order valence-corrected chi connectivity index (χ1v) is 4.19. The van der Waals surface area contributed by atoms with Gasteiger partial charge in [-0.3, -0.25) is 4.79 Å². The summed E-state index contributed by atoms with van der Waals surface area (Å²) in [4.78, 5) is 17.2. The minimum Gasteiger partial charge on any atom is -0.383 e. The van der Waals surface area contributed by atoms with Crippen LogP contribution in [0.25, 0.3) is 0 Å². The summed E-state index contributed by atoms with van der Waals surface area (Å²) in [5, 5.41) is 0.474. The lowest BCUT2D eigenvalue weighted by atomic mass is 10.6. The standard InChI is InChI=1S/C6H9N3O2S/c1-11-3-12-6-8-4(7)2-5(10)9-6/h2H,3H2,1H3,(H3,7,8,9,10). The van der Waals surface area contributed by atoms with Gasteiger partial charge in [-0.1, -0.05) is 11.8 Å². The molecule has 3 N–H and O–H groups in total. The van der Waals surface area contributed by atoms with Crippen molar-refractivity contribution in [2.45, 2.75) is 5.16 Å². The molecule has 0 radical (unpaired) electrons. The monoisotopic (exact) mass is 187 g/mol. The average molecular weight is 187 g/mol. The van der Waals surface area contributed by atoms with Gasteiger partial charge in [0.1, 0.15) is 5.82 Å². The number of nitrogen functional groups attached to an aromatic ring is 1. The van der Waals surface area contributed by atoms with Crippen LogP contribution in [-0.2, 0) is 4.74 Å². The van der Waals surface area contributed by atoms with Gasteiger partial charge in [0.25, 0.3) is 5.56 Å². The van der Waals surface area contributed by atoms with Gasteiger partial charge < -0.3 is 15.5 Å². The van der Waals surface area contributed by atoms with Crippen LogP contribution < -0.4 is 11.3 Å². The number of aromatic amines is 1. The summed E-state index contributed by atoms with van der Waals surface area (Å²) in [7, 11) is 1.57. The second-order valence-electron chi connectivity index (χ2n) is 2.03. The number of rotatable bonds is 3. The van der Waals surface area contributed by atoms with E-state index in [0.717, 1.165) is 0 Å². The molecule has 1 aromatic heterocycles. The van der Waals surface area contributed by atoms with Gasteiger partial charge in [0, 0.05) is 13.2 Å². The van der Waals surface area contributed by atoms with Crippen LogP contribution in [0.1, 0.15) is 0 Å². The highest BCUT2D eigenvalue weighted by atomic mass is 32.2. The van der Waals surface area contributed by atoms with Crippen molar-refractivity contribution in [2.24, 2.45) is 0 Å². The predicted octanol–water partition coefficient (Wildman–Crippen LogP) is 0.0481. The summed E-state index contributed by atoms with van der Waals surface area (Å²) in [5.74, 6) is 0.657. The van der Waals surface area contributed by atoms with Crippen molar-refractivity contribution in [1.82, 2.24) is 9.97 Å². The molecular weight excluding hydrogens is 178 g/mol. The van der Waals surface area contributed by atoms with Crippen LogP contribution >= 0.6 is 11.8 Å². The summed E-state index contributed by atoms with van der Waals surface area (Å²) < 4.78 is 4.79. The van der Waals surface area contributed by atoms with Gasteiger partial charge in [0.15, 0.2) is 5.16 Å². The second-order valence-corrected chi connectivity index (χ2v) is 2.94. The lowest BCUT2D eigenvalue weighted by Crippen LogP contribution is -2.09. The van der Waals surface area contributed by atoms with E-state index in [0.29, 0.717) is 11.1 Å². The molecule has 0 aliphatic carbocycles. The molecule has 0 spiro atoms. The van der Waals surface area contributed by atoms with E-state index in [1.807, 2.05) is 0 Å². The average Bonchev–Trinajstić information content (AvgIpc) is 1.99. The maximum Gasteiger partial charge on any atom is 0.253 e. The van der Waals surface area contributed by atoms with E-state index < -0.39 is 0 Å². The smallest absolute Gasteiger partial charge is 0.253 e. The third-order valence-corrected chi connectivity index (χ3v) is 1.87. The second kappa shape index (κ2) is 4.13. The lowest BCUT2D eigenvalue weighted by Gasteiger charge is -1.98. The fourth-order valence-corrected chi connectivity index (χ4v) is 1.21. The summed E-state index contributed by atoms with van der Waals surface area (Å²) in [6, 6.07) is 1.23. The Balaban J connectivity index is 2.79. The molecule has 0 fully saturated rings. The van der Waals surface area contributed by atoms with E-state index >= 15 is 0 Å². The quantitative estimate of drug-likeness (QED) is 0.397. The molecule has 0 aliphatic rings. The molecule has 0 amide bonds. The Labute approximate surface area is 73.3 Å². The van der Waals surface area contributed by atoms with Crippen molar-refractivity contribution in [3.05, 3.63) is 16.4 Å². The molecule has 0 saturated heterocycles. The first-order valence-electron chi connectivity index (χ1n) is 3.21. The zero-order chi connectivity index (χ0) is 8.97. The molecule has 1 heterocycles. The highest BCUT2D eigenvalue weighted by molar-refractivity contribution is 7.99. The largest absolute Gasteiger partial charge is 0.383 e. The fraction of sp³-hybridized carbons (Fsp3) is 0.333. The van der Waals surface area contributed by atoms with Crippen molar-refractivity contribution >= 4 is 17.6 Å². The first-order chi connectivity index (χ1) is 5.72. The number of H-pyrrole nitrogens is 1. The number of hydrogen-bond donors (Lipinski definition) is 2. The maximum atomic E-state index is 10.8. The molecule has 12 heavy (non-hydrogen) atoms. The molecular formula is C6H9N3O2S. The van der Waals surface area contributed by atoms with E-state index in [9.17, 15) is 4.79 Å². The number of hydrogen-bond acceptors (Lipinski definition) is 5. The minimum atomic E-state index is -0.249. The molecule has 0 saturated carbocycles. The molecule has 1 aromatic rings. The van der Waals surface area contributed by atoms with Gasteiger partial charge in [-0.05, 0) is 0 Å². The Kier molecular flexibility index (Phi) is 3.12. The summed E-state index contributed by atoms with van der Waals surface area (Å²) >= 11 is 1.28. The summed E-state index contributed by atoms with van der Waals surface area (Å²) in [5.41, 5.74) is 5.10. The zero-order valence-electron chi connectivity index (χ0n) is 6.53. The topological polar surface area (TPSA) is 81.0 Å². The number of thioether (sulfide) groups is 1. The van der Waals surface area contributed by atoms with Crippen LogP contribution in [0, 0.1) is 0 Å². The van der Waals surface area contributed by atoms with Crippen LogP contribution in [0.15, 0.2) is 16.0 Å². The fourth-order valence-electron chi connectivity index (χ4n) is 0.636. The van der Waals surface area contributed by atoms with Crippen molar-refractivity contribution in [3.63, 3.8) is 0 Å². The molecule has 6 heteroatoms. The van der Waals surface area contributed by atoms with Crippen LogP contribution in [0.5, 0.6) is 0 Å². The lowest BCUT2D eigenvalue weighted by molar-refractivity contribution is 0.258. The number of nitrogens with one attached hydrogen (secondary N) is 1. The van der Waals surface area contributed by atoms with Crippen LogP contribution in [-0.4, -0.2) is 23.0 Å². The minimum absolute atomic E-state index is 0.220. The van der Waals surface area contributed by atoms with Gasteiger partial charge in [0.05, 0.1) is 5.94 Å². The third-order valence-electron chi connectivity index (χ3n) is 1.05. The highest BCUT2D eigenvalue weighted by Gasteiger charge is 1.97. The normalized spacial score (nSPS) is 10.1. The molecule has 0 aromatic carbocycles. The van der Waals surface area contributed by atoms with Gasteiger partial charge in [-0.2, -0.15) is 0 Å². The Hall–Kier alpha value is -1.01. The zero-order valence-corrected chi connectivity index (χ0v) is 7.35. The van der Waals surface area contributed by atoms with Crippen molar-refractivity contribution in [3.8, 4) is 0 Å². The molecule has 5 nitrogen and oxygen atoms in total. The Morgan fingerprint density at radius 2 is 2.58 bits per heavy atom. The van der Waals surface area contributed by atoms with Gasteiger partial charge >= 0.3 is 0 Å². The SMILES string of the molecule is COCSc1nc(N)cc(=O)[nH]1. The number of anilines is 1. The summed E-state index contributed by atoms with van der Waals surface area (Å²) in [6.07, 6.45) is 0. The van der Waals surface area contributed by atoms with E-state index in [-0.39, 0.29) is 11.4 Å². The van der Waals surface area contributed by atoms with Crippen molar-refractivity contribution in [1.29, 1.82) is 0 Å². The van der Waals surface area contributed by atoms with Gasteiger partial charge in [0.2, 0.25) is 0 Å². The van der Waals surface area contributed by atoms with E-state index in [1.54, 1.807) is 7.11 Å². The Morgan fingerprint density at radius 1 is 1.83 bits per heavy atom. The summed E-state index contributed by atoms with van der Waals surface area (Å²) in [6.45, 7) is 0. The molecule has 66 valence electrons. The molecule has 1 rings (SSSR count). The molecule has 0 atom stereocenters. The third kappa shape index (κ3) is 2.55. The number of nitrogens with zero attached hydrogens (tertiary/aromatic N) is 1. The number of aromatic nitrogens is 2. The van der Waals surface area contributed by atoms with Crippen LogP contribution in [0.4, 0.5) is 5.82 Å². The Bertz CT molecular complexity index is 312.